The van der Waals surface area contributed by atoms with E-state index in [1.54, 1.807) is 0 Å². The highest BCUT2D eigenvalue weighted by Crippen LogP contribution is 2.30. The molecule has 0 saturated carbocycles. The molecular weight excluding hydrogens is 436 g/mol. The predicted octanol–water partition coefficient (Wildman–Crippen LogP) is -3.43. The molecule has 186 valence electrons. The predicted molar refractivity (Wildman–Crippen MR) is 102 cm³/mol. The lowest BCUT2D eigenvalue weighted by molar-refractivity contribution is -0.341. The summed E-state index contributed by atoms with van der Waals surface area (Å²) in [5.74, 6) is -1.56. The van der Waals surface area contributed by atoms with Crippen molar-refractivity contribution in [2.75, 3.05) is 13.2 Å². The lowest BCUT2D eigenvalue weighted by Crippen LogP contribution is -2.64. The lowest BCUT2D eigenvalue weighted by Gasteiger charge is -2.46. The first-order chi connectivity index (χ1) is 15.0. The van der Waals surface area contributed by atoms with Crippen LogP contribution in [0.1, 0.15) is 27.2 Å². The van der Waals surface area contributed by atoms with Gasteiger partial charge in [0.05, 0.1) is 25.2 Å². The zero-order valence-corrected chi connectivity index (χ0v) is 18.0. The number of rotatable bonds is 8. The number of aliphatic hydroxyl groups excluding tert-OH is 6. The topological polar surface area (TPSA) is 202 Å². The van der Waals surface area contributed by atoms with Crippen molar-refractivity contribution in [3.8, 4) is 0 Å². The molecule has 0 bridgehead atoms. The van der Waals surface area contributed by atoms with Crippen LogP contribution < -0.4 is 0 Å². The van der Waals surface area contributed by atoms with Gasteiger partial charge in [-0.15, -0.1) is 0 Å². The Morgan fingerprint density at radius 1 is 0.969 bits per heavy atom. The molecule has 0 aromatic carbocycles. The van der Waals surface area contributed by atoms with Crippen molar-refractivity contribution in [3.63, 3.8) is 0 Å². The Morgan fingerprint density at radius 3 is 2.16 bits per heavy atom. The molecule has 6 unspecified atom stereocenters. The number of aliphatic hydroxyl groups is 6. The summed E-state index contributed by atoms with van der Waals surface area (Å²) in [7, 11) is 0. The van der Waals surface area contributed by atoms with Gasteiger partial charge in [0.15, 0.2) is 12.4 Å². The fraction of sp³-hybridized carbons (Fsp3) is 0.895. The highest BCUT2D eigenvalue weighted by Gasteiger charge is 2.51. The van der Waals surface area contributed by atoms with Gasteiger partial charge in [0, 0.05) is 6.92 Å². The average Bonchev–Trinajstić information content (AvgIpc) is 2.71. The van der Waals surface area contributed by atoms with Crippen LogP contribution in [0, 0.1) is 0 Å². The maximum atomic E-state index is 12.0. The van der Waals surface area contributed by atoms with Crippen molar-refractivity contribution in [2.45, 2.75) is 94.5 Å². The first-order valence-electron chi connectivity index (χ1n) is 10.3. The minimum Gasteiger partial charge on any atom is -0.463 e. The van der Waals surface area contributed by atoms with E-state index in [1.165, 1.54) is 13.8 Å². The molecule has 0 amide bonds. The lowest BCUT2D eigenvalue weighted by atomic mass is 9.95. The molecule has 13 heteroatoms. The molecule has 2 aliphatic heterocycles. The third-order valence-corrected chi connectivity index (χ3v) is 5.21. The molecule has 2 rings (SSSR count). The third kappa shape index (κ3) is 6.56. The monoisotopic (exact) mass is 468 g/mol. The quantitative estimate of drug-likeness (QED) is 0.192. The zero-order valence-electron chi connectivity index (χ0n) is 18.0. The smallest absolute Gasteiger partial charge is 0.308 e. The molecule has 0 aromatic heterocycles. The molecule has 0 spiro atoms. The van der Waals surface area contributed by atoms with Crippen LogP contribution in [0.4, 0.5) is 0 Å². The van der Waals surface area contributed by atoms with Gasteiger partial charge in [-0.3, -0.25) is 9.59 Å². The van der Waals surface area contributed by atoms with Crippen molar-refractivity contribution >= 4 is 11.9 Å². The number of carbonyl (C=O) groups excluding carboxylic acids is 2. The molecule has 2 saturated heterocycles. The maximum Gasteiger partial charge on any atom is 0.308 e. The van der Waals surface area contributed by atoms with Gasteiger partial charge in [0.25, 0.3) is 0 Å². The first-order valence-corrected chi connectivity index (χ1v) is 10.3. The van der Waals surface area contributed by atoms with Crippen LogP contribution in [0.15, 0.2) is 0 Å². The zero-order chi connectivity index (χ0) is 24.2. The van der Waals surface area contributed by atoms with Gasteiger partial charge in [0.2, 0.25) is 0 Å². The minimum absolute atomic E-state index is 0.382. The molecule has 2 aliphatic rings. The second kappa shape index (κ2) is 11.6. The summed E-state index contributed by atoms with van der Waals surface area (Å²) >= 11 is 0. The van der Waals surface area contributed by atoms with Crippen molar-refractivity contribution in [2.24, 2.45) is 0 Å². The second-order valence-electron chi connectivity index (χ2n) is 7.98. The van der Waals surface area contributed by atoms with Gasteiger partial charge in [-0.2, -0.15) is 0 Å². The normalized spacial score (nSPS) is 41.0. The van der Waals surface area contributed by atoms with E-state index in [2.05, 4.69) is 0 Å². The van der Waals surface area contributed by atoms with Gasteiger partial charge in [-0.25, -0.2) is 0 Å². The van der Waals surface area contributed by atoms with Crippen LogP contribution >= 0.6 is 0 Å². The molecule has 13 nitrogen and oxygen atoms in total. The van der Waals surface area contributed by atoms with Crippen molar-refractivity contribution in [1.29, 1.82) is 0 Å². The van der Waals surface area contributed by atoms with Gasteiger partial charge >= 0.3 is 11.9 Å². The van der Waals surface area contributed by atoms with Gasteiger partial charge < -0.3 is 54.3 Å². The molecule has 0 aromatic rings. The van der Waals surface area contributed by atoms with Crippen LogP contribution in [-0.2, 0) is 33.3 Å². The first kappa shape index (κ1) is 26.8. The van der Waals surface area contributed by atoms with E-state index in [1.807, 2.05) is 0 Å². The molecule has 2 heterocycles. The molecule has 32 heavy (non-hydrogen) atoms. The highest BCUT2D eigenvalue weighted by molar-refractivity contribution is 5.70. The number of hydrogen-bond donors (Lipinski definition) is 6. The Bertz CT molecular complexity index is 628. The maximum absolute atomic E-state index is 12.0. The molecule has 0 aliphatic carbocycles. The van der Waals surface area contributed by atoms with E-state index in [4.69, 9.17) is 23.7 Å². The number of ether oxygens (including phenoxy) is 5. The number of hydrogen-bond acceptors (Lipinski definition) is 13. The standard InChI is InChI=1S/C19H32O13/c1-7(21)4-12(23)31-18-11(6-28-9(3)22)30-19(16(27)15(18)26)32-17-8(2)29-10(5-20)13(24)14(17)25/h7-8,10-11,13-21,24-27H,4-6H2,1-3H3/t7?,8?,10?,11?,13-,14?,15?,16+,17-,18-,19+/m1/s1. The van der Waals surface area contributed by atoms with Crippen molar-refractivity contribution in [3.05, 3.63) is 0 Å². The molecule has 0 radical (unpaired) electrons. The fourth-order valence-corrected chi connectivity index (χ4v) is 3.56. The van der Waals surface area contributed by atoms with E-state index >= 15 is 0 Å². The van der Waals surface area contributed by atoms with Gasteiger partial charge in [-0.05, 0) is 13.8 Å². The van der Waals surface area contributed by atoms with Gasteiger partial charge in [-0.1, -0.05) is 0 Å². The Labute approximate surface area is 184 Å². The molecule has 2 fully saturated rings. The molecular formula is C19H32O13. The highest BCUT2D eigenvalue weighted by atomic mass is 16.7. The molecule has 6 N–H and O–H groups in total. The fourth-order valence-electron chi connectivity index (χ4n) is 3.56. The summed E-state index contributed by atoms with van der Waals surface area (Å²) in [5, 5.41) is 60.1. The van der Waals surface area contributed by atoms with Gasteiger partial charge in [0.1, 0.15) is 49.3 Å². The summed E-state index contributed by atoms with van der Waals surface area (Å²) < 4.78 is 26.6. The van der Waals surface area contributed by atoms with E-state index < -0.39 is 92.5 Å². The van der Waals surface area contributed by atoms with E-state index in [-0.39, 0.29) is 6.42 Å². The van der Waals surface area contributed by atoms with Crippen LogP contribution in [0.3, 0.4) is 0 Å². The number of carbonyl (C=O) groups is 2. The van der Waals surface area contributed by atoms with Crippen molar-refractivity contribution in [1.82, 2.24) is 0 Å². The summed E-state index contributed by atoms with van der Waals surface area (Å²) in [4.78, 5) is 23.2. The van der Waals surface area contributed by atoms with E-state index in [9.17, 15) is 40.2 Å². The second-order valence-corrected chi connectivity index (χ2v) is 7.98. The van der Waals surface area contributed by atoms with E-state index in [0.29, 0.717) is 0 Å². The third-order valence-electron chi connectivity index (χ3n) is 5.21. The Morgan fingerprint density at radius 2 is 1.59 bits per heavy atom. The summed E-state index contributed by atoms with van der Waals surface area (Å²) in [5.41, 5.74) is 0. The Balaban J connectivity index is 2.16. The summed E-state index contributed by atoms with van der Waals surface area (Å²) in [6.45, 7) is 3.00. The van der Waals surface area contributed by atoms with Crippen molar-refractivity contribution < 1.29 is 63.9 Å². The van der Waals surface area contributed by atoms with Crippen LogP contribution in [0.2, 0.25) is 0 Å². The van der Waals surface area contributed by atoms with Crippen LogP contribution in [-0.4, -0.2) is 123 Å². The molecule has 11 atom stereocenters. The Kier molecular flexibility index (Phi) is 9.75. The van der Waals surface area contributed by atoms with E-state index in [0.717, 1.165) is 6.92 Å². The van der Waals surface area contributed by atoms with Crippen LogP contribution in [0.25, 0.3) is 0 Å². The summed E-state index contributed by atoms with van der Waals surface area (Å²) in [6, 6.07) is 0. The minimum atomic E-state index is -1.76. The largest absolute Gasteiger partial charge is 0.463 e. The van der Waals surface area contributed by atoms with Crippen LogP contribution in [0.5, 0.6) is 0 Å². The SMILES string of the molecule is CC(=O)OCC1O[C@@H](O[C@@H]2C(C)OC(CO)[C@@H](O)C2O)[C@@H](O)C(O)[C@@H]1OC(=O)CC(C)O. The summed E-state index contributed by atoms with van der Waals surface area (Å²) in [6.07, 6.45) is -15.3. The Hall–Kier alpha value is -1.42. The number of esters is 2. The average molecular weight is 468 g/mol.